The lowest BCUT2D eigenvalue weighted by Crippen LogP contribution is -2.47. The fraction of sp³-hybridized carbons (Fsp3) is 0.333. The van der Waals surface area contributed by atoms with Gasteiger partial charge in [-0.3, -0.25) is 14.5 Å². The SMILES string of the molecule is CC1COc2ccccc2N1C(=O)C(Cl)Cl.CCOCN(C(=O)CCl)c1c(C)cccc1CC.C[C@H](OC(=O)c1cc(Oc2ccc(C(F)(F)F)cc2Cl)ccc1Cl)C(=O)O. The molecule has 0 aliphatic carbocycles. The van der Waals surface area contributed by atoms with Crippen LogP contribution in [0.2, 0.25) is 10.0 Å². The third-order valence-electron chi connectivity index (χ3n) is 8.56. The van der Waals surface area contributed by atoms with E-state index in [4.69, 9.17) is 82.1 Å². The summed E-state index contributed by atoms with van der Waals surface area (Å²) in [6, 6.07) is 19.6. The number of para-hydroxylation sites is 3. The Balaban J connectivity index is 0.000000255. The number of hydrogen-bond acceptors (Lipinski definition) is 8. The highest BCUT2D eigenvalue weighted by Gasteiger charge is 2.33. The summed E-state index contributed by atoms with van der Waals surface area (Å²) >= 11 is 28.6. The number of halogens is 8. The minimum absolute atomic E-state index is 0.0246. The Bertz CT molecular complexity index is 2160. The van der Waals surface area contributed by atoms with Crippen molar-refractivity contribution in [3.63, 3.8) is 0 Å². The molecule has 1 heterocycles. The van der Waals surface area contributed by atoms with E-state index in [2.05, 4.69) is 6.92 Å². The molecule has 0 radical (unpaired) electrons. The Morgan fingerprint density at radius 3 is 2.25 bits per heavy atom. The molecule has 0 saturated heterocycles. The molecule has 2 atom stereocenters. The molecule has 4 aromatic rings. The molecule has 330 valence electrons. The molecule has 0 fully saturated rings. The van der Waals surface area contributed by atoms with Crippen LogP contribution >= 0.6 is 58.0 Å². The molecule has 0 aromatic heterocycles. The van der Waals surface area contributed by atoms with Crippen molar-refractivity contribution in [2.24, 2.45) is 0 Å². The normalized spacial score (nSPS) is 13.6. The van der Waals surface area contributed by atoms with Crippen LogP contribution in [-0.4, -0.2) is 71.7 Å². The van der Waals surface area contributed by atoms with Gasteiger partial charge in [0.15, 0.2) is 10.9 Å². The summed E-state index contributed by atoms with van der Waals surface area (Å²) in [6.07, 6.45) is -5.09. The Hall–Kier alpha value is -4.44. The average molecular weight is 953 g/mol. The monoisotopic (exact) mass is 950 g/mol. The number of carbonyl (C=O) groups excluding carboxylic acids is 3. The fourth-order valence-electron chi connectivity index (χ4n) is 5.53. The third-order valence-corrected chi connectivity index (χ3v) is 9.79. The van der Waals surface area contributed by atoms with Gasteiger partial charge in [-0.25, -0.2) is 9.59 Å². The zero-order chi connectivity index (χ0) is 45.6. The molecule has 0 bridgehead atoms. The van der Waals surface area contributed by atoms with Crippen molar-refractivity contribution >= 4 is 93.1 Å². The first kappa shape index (κ1) is 50.9. The van der Waals surface area contributed by atoms with E-state index in [1.165, 1.54) is 12.1 Å². The van der Waals surface area contributed by atoms with Crippen LogP contribution in [0, 0.1) is 6.92 Å². The van der Waals surface area contributed by atoms with E-state index in [-0.39, 0.29) is 57.6 Å². The molecule has 61 heavy (non-hydrogen) atoms. The average Bonchev–Trinajstić information content (AvgIpc) is 3.22. The first-order valence-corrected chi connectivity index (χ1v) is 20.5. The maximum atomic E-state index is 12.7. The molecule has 5 rings (SSSR count). The minimum atomic E-state index is -4.56. The quantitative estimate of drug-likeness (QED) is 0.0837. The van der Waals surface area contributed by atoms with Crippen LogP contribution in [0.15, 0.2) is 78.9 Å². The molecule has 1 aliphatic rings. The van der Waals surface area contributed by atoms with Crippen molar-refractivity contribution < 1.29 is 56.4 Å². The number of anilines is 2. The molecule has 0 saturated carbocycles. The van der Waals surface area contributed by atoms with Gasteiger partial charge in [0.25, 0.3) is 5.91 Å². The van der Waals surface area contributed by atoms with Gasteiger partial charge >= 0.3 is 18.1 Å². The van der Waals surface area contributed by atoms with Gasteiger partial charge in [-0.15, -0.1) is 11.6 Å². The van der Waals surface area contributed by atoms with Gasteiger partial charge in [0.05, 0.1) is 38.6 Å². The smallest absolute Gasteiger partial charge is 0.416 e. The van der Waals surface area contributed by atoms with Crippen LogP contribution in [0.3, 0.4) is 0 Å². The summed E-state index contributed by atoms with van der Waals surface area (Å²) in [5.41, 5.74) is 2.73. The van der Waals surface area contributed by atoms with Crippen molar-refractivity contribution in [2.75, 3.05) is 35.6 Å². The standard InChI is InChI=1S/C17H11Cl2F3O5.C14H20ClNO2.C11H11Cl2NO2/c1-8(15(23)24)26-16(25)11-7-10(3-4-12(11)18)27-14-5-2-9(6-13(14)19)17(20,21)22;1-4-12-8-6-7-11(3)14(12)16(10-18-5-2)13(17)9-15;1-7-6-16-9-5-3-2-4-8(9)14(7)11(15)10(12)13/h2-8H,1H3,(H,23,24);6-8H,4-5,9-10H2,1-3H3;2-5,7,10H,6H2,1H3/t8-;;/m0../s1. The highest BCUT2D eigenvalue weighted by atomic mass is 35.5. The summed E-state index contributed by atoms with van der Waals surface area (Å²) in [5, 5.41) is 8.46. The second kappa shape index (κ2) is 23.7. The summed E-state index contributed by atoms with van der Waals surface area (Å²) in [5.74, 6) is -2.18. The first-order chi connectivity index (χ1) is 28.7. The number of esters is 1. The van der Waals surface area contributed by atoms with Crippen molar-refractivity contribution in [3.05, 3.63) is 111 Å². The topological polar surface area (TPSA) is 132 Å². The number of carbonyl (C=O) groups is 4. The van der Waals surface area contributed by atoms with Crippen molar-refractivity contribution in [3.8, 4) is 17.2 Å². The highest BCUT2D eigenvalue weighted by Crippen LogP contribution is 2.38. The van der Waals surface area contributed by atoms with Crippen molar-refractivity contribution in [2.45, 2.75) is 64.2 Å². The number of aryl methyl sites for hydroxylation is 2. The number of rotatable bonds is 12. The Labute approximate surface area is 376 Å². The molecule has 19 heteroatoms. The van der Waals surface area contributed by atoms with Crippen LogP contribution in [-0.2, 0) is 36.5 Å². The second-order valence-corrected chi connectivity index (χ2v) is 15.1. The van der Waals surface area contributed by atoms with E-state index in [0.717, 1.165) is 54.0 Å². The molecule has 2 amide bonds. The Morgan fingerprint density at radius 1 is 0.967 bits per heavy atom. The minimum Gasteiger partial charge on any atom is -0.489 e. The zero-order valence-corrected chi connectivity index (χ0v) is 37.2. The zero-order valence-electron chi connectivity index (χ0n) is 33.4. The summed E-state index contributed by atoms with van der Waals surface area (Å²) in [7, 11) is 0. The maximum Gasteiger partial charge on any atom is 0.416 e. The number of hydrogen-bond donors (Lipinski definition) is 1. The predicted octanol–water partition coefficient (Wildman–Crippen LogP) is 11.2. The van der Waals surface area contributed by atoms with Crippen LogP contribution in [0.25, 0.3) is 0 Å². The molecule has 0 spiro atoms. The lowest BCUT2D eigenvalue weighted by molar-refractivity contribution is -0.146. The van der Waals surface area contributed by atoms with Crippen LogP contribution < -0.4 is 19.3 Å². The van der Waals surface area contributed by atoms with Crippen molar-refractivity contribution in [1.82, 2.24) is 0 Å². The largest absolute Gasteiger partial charge is 0.489 e. The van der Waals surface area contributed by atoms with E-state index in [0.29, 0.717) is 25.0 Å². The molecular formula is C42H42Cl5F3N2O9. The van der Waals surface area contributed by atoms with Gasteiger partial charge in [0.1, 0.15) is 36.5 Å². The Morgan fingerprint density at radius 2 is 1.66 bits per heavy atom. The maximum absolute atomic E-state index is 12.7. The van der Waals surface area contributed by atoms with Crippen LogP contribution in [0.4, 0.5) is 24.5 Å². The van der Waals surface area contributed by atoms with Crippen molar-refractivity contribution in [1.29, 1.82) is 0 Å². The number of nitrogens with zero attached hydrogens (tertiary/aromatic N) is 2. The van der Waals surface area contributed by atoms with Gasteiger partial charge in [-0.1, -0.05) is 83.7 Å². The van der Waals surface area contributed by atoms with Gasteiger partial charge < -0.3 is 29.0 Å². The number of carboxylic acids is 1. The van der Waals surface area contributed by atoms with E-state index in [9.17, 15) is 32.3 Å². The predicted molar refractivity (Wildman–Crippen MR) is 230 cm³/mol. The number of benzene rings is 4. The molecule has 4 aromatic carbocycles. The van der Waals surface area contributed by atoms with E-state index >= 15 is 0 Å². The lowest BCUT2D eigenvalue weighted by Gasteiger charge is -2.35. The van der Waals surface area contributed by atoms with Crippen LogP contribution in [0.1, 0.15) is 54.7 Å². The molecular weight excluding hydrogens is 911 g/mol. The van der Waals surface area contributed by atoms with Gasteiger partial charge in [0.2, 0.25) is 5.91 Å². The van der Waals surface area contributed by atoms with Gasteiger partial charge in [-0.2, -0.15) is 13.2 Å². The summed E-state index contributed by atoms with van der Waals surface area (Å²) < 4.78 is 59.0. The summed E-state index contributed by atoms with van der Waals surface area (Å²) in [6.45, 7) is 10.3. The molecule has 11 nitrogen and oxygen atoms in total. The van der Waals surface area contributed by atoms with E-state index in [1.54, 1.807) is 9.80 Å². The summed E-state index contributed by atoms with van der Waals surface area (Å²) in [4.78, 5) is 48.8. The number of alkyl halides is 6. The first-order valence-electron chi connectivity index (χ1n) is 18.4. The third kappa shape index (κ3) is 14.3. The lowest BCUT2D eigenvalue weighted by atomic mass is 10.0. The highest BCUT2D eigenvalue weighted by molar-refractivity contribution is 6.54. The van der Waals surface area contributed by atoms with Gasteiger partial charge in [0, 0.05) is 6.61 Å². The second-order valence-electron chi connectivity index (χ2n) is 12.9. The van der Waals surface area contributed by atoms with E-state index < -0.39 is 34.6 Å². The number of amides is 2. The molecule has 1 aliphatic heterocycles. The number of aliphatic carboxylic acids is 1. The van der Waals surface area contributed by atoms with Gasteiger partial charge in [-0.05, 0) is 93.8 Å². The van der Waals surface area contributed by atoms with E-state index in [1.807, 2.05) is 63.2 Å². The molecule has 1 N–H and O–H groups in total. The number of ether oxygens (including phenoxy) is 4. The Kier molecular flexibility index (Phi) is 19.8. The molecule has 1 unspecified atom stereocenters. The fourth-order valence-corrected chi connectivity index (χ4v) is 6.30. The number of fused-ring (bicyclic) bond motifs is 1. The van der Waals surface area contributed by atoms with Crippen LogP contribution in [0.5, 0.6) is 17.2 Å². The number of carboxylic acid groups (broad SMARTS) is 1.